The van der Waals surface area contributed by atoms with E-state index in [9.17, 15) is 17.8 Å². The highest BCUT2D eigenvalue weighted by atomic mass is 32.2. The summed E-state index contributed by atoms with van der Waals surface area (Å²) in [5, 5.41) is 0. The maximum Gasteiger partial charge on any atom is 0.140 e. The number of fused-ring (bicyclic) bond motifs is 2. The highest BCUT2D eigenvalue weighted by Gasteiger charge is 2.64. The van der Waals surface area contributed by atoms with E-state index in [0.29, 0.717) is 23.7 Å². The minimum Gasteiger partial charge on any atom is -0.748 e. The second kappa shape index (κ2) is 5.37. The lowest BCUT2D eigenvalue weighted by atomic mass is 9.70. The van der Waals surface area contributed by atoms with Gasteiger partial charge in [0.05, 0.1) is 34.6 Å². The van der Waals surface area contributed by atoms with Crippen LogP contribution < -0.4 is 0 Å². The first kappa shape index (κ1) is 17.0. The van der Waals surface area contributed by atoms with Crippen molar-refractivity contribution in [3.8, 4) is 0 Å². The van der Waals surface area contributed by atoms with Crippen LogP contribution in [-0.4, -0.2) is 43.3 Å². The van der Waals surface area contributed by atoms with Gasteiger partial charge in [0.25, 0.3) is 0 Å². The molecule has 0 aliphatic heterocycles. The molecule has 0 aromatic heterocycles. The molecule has 2 aliphatic rings. The van der Waals surface area contributed by atoms with Gasteiger partial charge in [0.2, 0.25) is 0 Å². The molecule has 2 rings (SSSR count). The molecule has 112 valence electrons. The molecule has 0 N–H and O–H groups in total. The number of rotatable bonds is 2. The number of hydrogen-bond donors (Lipinski definition) is 0. The molecule has 0 saturated heterocycles. The SMILES string of the molecule is CC1(C)C2CCC1(CS(=O)(=O)[O-])C(=O)C2.C[S+](C)C. The van der Waals surface area contributed by atoms with Crippen molar-refractivity contribution >= 4 is 26.8 Å². The number of Topliss-reactive ketones (excluding diaryl/α,β-unsaturated/α-hetero) is 1. The van der Waals surface area contributed by atoms with Crippen LogP contribution in [0.25, 0.3) is 0 Å². The first-order valence-electron chi connectivity index (χ1n) is 6.38. The lowest BCUT2D eigenvalue weighted by Crippen LogP contribution is -2.42. The van der Waals surface area contributed by atoms with Crippen LogP contribution in [-0.2, 0) is 25.8 Å². The minimum atomic E-state index is -4.33. The molecular weight excluding hydrogens is 284 g/mol. The standard InChI is InChI=1S/C10H16O4S.C3H9S/c1-9(2)7-3-4-10(9,8(11)5-7)6-15(12,13)14;1-4(2)3/h7H,3-6H2,1-2H3,(H,12,13,14);1-3H3/q;+1/p-1. The summed E-state index contributed by atoms with van der Waals surface area (Å²) >= 11 is 0. The van der Waals surface area contributed by atoms with Gasteiger partial charge in [-0.3, -0.25) is 4.79 Å². The quantitative estimate of drug-likeness (QED) is 0.571. The normalized spacial score (nSPS) is 32.4. The van der Waals surface area contributed by atoms with Crippen molar-refractivity contribution in [3.05, 3.63) is 0 Å². The largest absolute Gasteiger partial charge is 0.748 e. The smallest absolute Gasteiger partial charge is 0.140 e. The molecule has 2 atom stereocenters. The van der Waals surface area contributed by atoms with Crippen molar-refractivity contribution in [2.75, 3.05) is 24.5 Å². The van der Waals surface area contributed by atoms with Gasteiger partial charge in [-0.05, 0) is 35.1 Å². The zero-order valence-electron chi connectivity index (χ0n) is 12.4. The predicted octanol–water partition coefficient (Wildman–Crippen LogP) is 1.42. The van der Waals surface area contributed by atoms with Crippen molar-refractivity contribution in [3.63, 3.8) is 0 Å². The summed E-state index contributed by atoms with van der Waals surface area (Å²) in [4.78, 5) is 11.8. The molecule has 0 heterocycles. The monoisotopic (exact) mass is 308 g/mol. The lowest BCUT2D eigenvalue weighted by Gasteiger charge is -2.37. The van der Waals surface area contributed by atoms with Crippen molar-refractivity contribution in [2.45, 2.75) is 33.1 Å². The Morgan fingerprint density at radius 2 is 1.79 bits per heavy atom. The molecule has 2 bridgehead atoms. The van der Waals surface area contributed by atoms with Gasteiger partial charge in [0.15, 0.2) is 0 Å². The molecule has 2 unspecified atom stereocenters. The van der Waals surface area contributed by atoms with Crippen LogP contribution in [0.2, 0.25) is 0 Å². The Morgan fingerprint density at radius 1 is 1.32 bits per heavy atom. The van der Waals surface area contributed by atoms with E-state index in [1.54, 1.807) is 0 Å². The zero-order chi connectivity index (χ0) is 15.1. The second-order valence-corrected chi connectivity index (χ2v) is 10.4. The molecule has 2 fully saturated rings. The maximum absolute atomic E-state index is 11.8. The highest BCUT2D eigenvalue weighted by molar-refractivity contribution is 7.94. The van der Waals surface area contributed by atoms with Crippen LogP contribution in [0.1, 0.15) is 33.1 Å². The van der Waals surface area contributed by atoms with Crippen molar-refractivity contribution in [1.82, 2.24) is 0 Å². The number of carbonyl (C=O) groups is 1. The van der Waals surface area contributed by atoms with Gasteiger partial charge in [-0.1, -0.05) is 13.8 Å². The van der Waals surface area contributed by atoms with E-state index in [0.717, 1.165) is 6.42 Å². The summed E-state index contributed by atoms with van der Waals surface area (Å²) in [5.41, 5.74) is -1.22. The summed E-state index contributed by atoms with van der Waals surface area (Å²) in [6, 6.07) is 0. The molecule has 0 aromatic rings. The summed E-state index contributed by atoms with van der Waals surface area (Å²) in [6.45, 7) is 3.83. The maximum atomic E-state index is 11.8. The molecule has 19 heavy (non-hydrogen) atoms. The van der Waals surface area contributed by atoms with E-state index in [1.807, 2.05) is 13.8 Å². The third-order valence-corrected chi connectivity index (χ3v) is 5.41. The van der Waals surface area contributed by atoms with Gasteiger partial charge in [-0.2, -0.15) is 0 Å². The topological polar surface area (TPSA) is 74.3 Å². The minimum absolute atomic E-state index is 0.0248. The molecule has 0 amide bonds. The van der Waals surface area contributed by atoms with E-state index < -0.39 is 21.3 Å². The van der Waals surface area contributed by atoms with E-state index in [-0.39, 0.29) is 17.1 Å². The Kier molecular flexibility index (Phi) is 4.80. The molecule has 0 aromatic carbocycles. The Bertz CT molecular complexity index is 451. The average molecular weight is 308 g/mol. The van der Waals surface area contributed by atoms with Crippen LogP contribution >= 0.6 is 0 Å². The van der Waals surface area contributed by atoms with Crippen molar-refractivity contribution in [1.29, 1.82) is 0 Å². The van der Waals surface area contributed by atoms with Gasteiger partial charge < -0.3 is 4.55 Å². The average Bonchev–Trinajstić information content (AvgIpc) is 2.47. The van der Waals surface area contributed by atoms with E-state index in [1.165, 1.54) is 0 Å². The fourth-order valence-electron chi connectivity index (χ4n) is 3.41. The van der Waals surface area contributed by atoms with Gasteiger partial charge in [-0.25, -0.2) is 8.42 Å². The first-order chi connectivity index (χ1) is 8.42. The predicted molar refractivity (Wildman–Crippen MR) is 78.3 cm³/mol. The lowest BCUT2D eigenvalue weighted by molar-refractivity contribution is -0.128. The molecule has 2 aliphatic carbocycles. The van der Waals surface area contributed by atoms with Crippen LogP contribution in [0.3, 0.4) is 0 Å². The van der Waals surface area contributed by atoms with Crippen LogP contribution in [0, 0.1) is 16.7 Å². The molecule has 0 spiro atoms. The Morgan fingerprint density at radius 3 is 2.05 bits per heavy atom. The fraction of sp³-hybridized carbons (Fsp3) is 0.923. The Labute approximate surface area is 119 Å². The molecular formula is C13H24O4S2. The second-order valence-electron chi connectivity index (χ2n) is 6.59. The van der Waals surface area contributed by atoms with Crippen LogP contribution in [0.15, 0.2) is 0 Å². The van der Waals surface area contributed by atoms with Gasteiger partial charge >= 0.3 is 0 Å². The van der Waals surface area contributed by atoms with E-state index in [2.05, 4.69) is 18.8 Å². The molecule has 6 heteroatoms. The molecule has 0 radical (unpaired) electrons. The summed E-state index contributed by atoms with van der Waals surface area (Å²) in [5.74, 6) is -0.280. The number of ketones is 1. The number of hydrogen-bond acceptors (Lipinski definition) is 4. The van der Waals surface area contributed by atoms with E-state index in [4.69, 9.17) is 0 Å². The van der Waals surface area contributed by atoms with Crippen LogP contribution in [0.4, 0.5) is 0 Å². The van der Waals surface area contributed by atoms with Crippen molar-refractivity contribution in [2.24, 2.45) is 16.7 Å². The fourth-order valence-corrected chi connectivity index (χ4v) is 4.69. The third kappa shape index (κ3) is 3.34. The summed E-state index contributed by atoms with van der Waals surface area (Å²) < 4.78 is 32.7. The van der Waals surface area contributed by atoms with Gasteiger partial charge in [0, 0.05) is 11.8 Å². The summed E-state index contributed by atoms with van der Waals surface area (Å²) in [7, 11) is -3.69. The number of carbonyl (C=O) groups excluding carboxylic acids is 1. The Balaban J connectivity index is 0.000000399. The third-order valence-electron chi connectivity index (χ3n) is 4.56. The highest BCUT2D eigenvalue weighted by Crippen LogP contribution is 2.64. The zero-order valence-corrected chi connectivity index (χ0v) is 14.0. The van der Waals surface area contributed by atoms with Gasteiger partial charge in [-0.15, -0.1) is 0 Å². The first-order valence-corrected chi connectivity index (χ1v) is 10.4. The summed E-state index contributed by atoms with van der Waals surface area (Å²) in [6.07, 6.45) is 8.46. The van der Waals surface area contributed by atoms with Crippen LogP contribution in [0.5, 0.6) is 0 Å². The van der Waals surface area contributed by atoms with Crippen molar-refractivity contribution < 1.29 is 17.8 Å². The molecule has 4 nitrogen and oxygen atoms in total. The van der Waals surface area contributed by atoms with E-state index >= 15 is 0 Å². The molecule has 2 saturated carbocycles. The Hall–Kier alpha value is -0.0700. The van der Waals surface area contributed by atoms with Gasteiger partial charge in [0.1, 0.15) is 5.78 Å².